The number of aliphatic imine (C=N–C) groups is 2. The van der Waals surface area contributed by atoms with E-state index < -0.39 is 0 Å². The molecule has 0 saturated carbocycles. The van der Waals surface area contributed by atoms with Crippen molar-refractivity contribution in [1.82, 2.24) is 0 Å². The first-order valence-electron chi connectivity index (χ1n) is 1.76. The van der Waals surface area contributed by atoms with Gasteiger partial charge in [-0.3, -0.25) is 4.99 Å². The van der Waals surface area contributed by atoms with E-state index in [4.69, 9.17) is 0 Å². The van der Waals surface area contributed by atoms with Crippen molar-refractivity contribution < 1.29 is 0 Å². The van der Waals surface area contributed by atoms with Gasteiger partial charge in [0.2, 0.25) is 0 Å². The van der Waals surface area contributed by atoms with Crippen LogP contribution in [0.3, 0.4) is 0 Å². The van der Waals surface area contributed by atoms with Crippen LogP contribution in [-0.2, 0) is 0 Å². The van der Waals surface area contributed by atoms with Crippen LogP contribution < -0.4 is 0 Å². The minimum absolute atomic E-state index is 0.760. The maximum atomic E-state index is 3.70. The predicted octanol–water partition coefficient (Wildman–Crippen LogP) is 0.528. The third-order valence-corrected chi connectivity index (χ3v) is 0.504. The third kappa shape index (κ3) is 0.641. The fraction of sp³-hybridized carbons (Fsp3) is 0.250. The smallest absolute Gasteiger partial charge is 0.123 e. The molecule has 0 bridgehead atoms. The molecule has 1 aliphatic heterocycles. The maximum Gasteiger partial charge on any atom is 0.123 e. The summed E-state index contributed by atoms with van der Waals surface area (Å²) in [6, 6.07) is 0. The SMILES string of the molecule is [C]1CC=NC=N1. The second kappa shape index (κ2) is 1.70. The largest absolute Gasteiger partial charge is 0.261 e. The van der Waals surface area contributed by atoms with Crippen LogP contribution in [0.2, 0.25) is 0 Å². The van der Waals surface area contributed by atoms with Crippen molar-refractivity contribution >= 4 is 12.6 Å². The van der Waals surface area contributed by atoms with Crippen LogP contribution in [0.25, 0.3) is 0 Å². The van der Waals surface area contributed by atoms with E-state index >= 15 is 0 Å². The summed E-state index contributed by atoms with van der Waals surface area (Å²) in [4.78, 5) is 7.30. The van der Waals surface area contributed by atoms with E-state index in [1.54, 1.807) is 6.21 Å². The Morgan fingerprint density at radius 1 is 1.67 bits per heavy atom. The van der Waals surface area contributed by atoms with E-state index in [1.165, 1.54) is 6.34 Å². The highest BCUT2D eigenvalue weighted by molar-refractivity contribution is 5.75. The molecule has 30 valence electrons. The number of hydrogen-bond acceptors (Lipinski definition) is 2. The molecule has 0 saturated heterocycles. The average molecular weight is 80.1 g/mol. The first-order valence-corrected chi connectivity index (χ1v) is 1.76. The lowest BCUT2D eigenvalue weighted by molar-refractivity contribution is 1.20. The Morgan fingerprint density at radius 2 is 2.67 bits per heavy atom. The van der Waals surface area contributed by atoms with Gasteiger partial charge in [-0.25, -0.2) is 4.99 Å². The lowest BCUT2D eigenvalue weighted by atomic mass is 10.4. The van der Waals surface area contributed by atoms with Crippen LogP contribution in [0.1, 0.15) is 6.42 Å². The number of rotatable bonds is 0. The third-order valence-electron chi connectivity index (χ3n) is 0.504. The molecule has 1 rings (SSSR count). The lowest BCUT2D eigenvalue weighted by Gasteiger charge is -1.86. The minimum Gasteiger partial charge on any atom is -0.261 e. The van der Waals surface area contributed by atoms with Gasteiger partial charge in [0.25, 0.3) is 0 Å². The van der Waals surface area contributed by atoms with E-state index in [-0.39, 0.29) is 0 Å². The Labute approximate surface area is 36.6 Å². The summed E-state index contributed by atoms with van der Waals surface area (Å²) in [5, 5.41) is 0. The Balaban J connectivity index is 2.46. The summed E-state index contributed by atoms with van der Waals surface area (Å²) in [5.41, 5.74) is 0. The molecule has 1 heterocycles. The molecular formula is C4H4N2. The van der Waals surface area contributed by atoms with E-state index in [0.29, 0.717) is 0 Å². The topological polar surface area (TPSA) is 24.7 Å². The van der Waals surface area contributed by atoms with Gasteiger partial charge in [-0.2, -0.15) is 0 Å². The molecule has 0 unspecified atom stereocenters. The minimum atomic E-state index is 0.760. The van der Waals surface area contributed by atoms with Crippen molar-refractivity contribution in [1.29, 1.82) is 0 Å². The molecule has 0 aromatic heterocycles. The zero-order valence-electron chi connectivity index (χ0n) is 3.26. The van der Waals surface area contributed by atoms with Gasteiger partial charge in [0.15, 0.2) is 0 Å². The van der Waals surface area contributed by atoms with Gasteiger partial charge in [-0.1, -0.05) is 0 Å². The Morgan fingerprint density at radius 3 is 2.83 bits per heavy atom. The summed E-state index contributed by atoms with van der Waals surface area (Å²) >= 11 is 0. The van der Waals surface area contributed by atoms with Gasteiger partial charge in [0.1, 0.15) is 12.9 Å². The Bertz CT molecular complexity index is 71.5. The molecule has 6 heavy (non-hydrogen) atoms. The van der Waals surface area contributed by atoms with Crippen LogP contribution in [-0.4, -0.2) is 12.6 Å². The molecule has 0 amide bonds. The fourth-order valence-electron chi connectivity index (χ4n) is 0.268. The van der Waals surface area contributed by atoms with Crippen LogP contribution in [0.5, 0.6) is 0 Å². The molecule has 0 aliphatic carbocycles. The zero-order chi connectivity index (χ0) is 4.24. The van der Waals surface area contributed by atoms with Crippen molar-refractivity contribution in [3.63, 3.8) is 0 Å². The van der Waals surface area contributed by atoms with Gasteiger partial charge in [0, 0.05) is 12.6 Å². The number of hydrogen-bond donors (Lipinski definition) is 0. The van der Waals surface area contributed by atoms with Crippen LogP contribution in [0, 0.1) is 6.54 Å². The second-order valence-corrected chi connectivity index (χ2v) is 0.938. The van der Waals surface area contributed by atoms with Gasteiger partial charge in [-0.15, -0.1) is 0 Å². The summed E-state index contributed by atoms with van der Waals surface area (Å²) in [6.45, 7) is 2.70. The molecule has 2 heteroatoms. The molecule has 0 atom stereocenters. The van der Waals surface area contributed by atoms with E-state index in [1.807, 2.05) is 0 Å². The molecule has 2 nitrogen and oxygen atoms in total. The van der Waals surface area contributed by atoms with Crippen LogP contribution in [0.4, 0.5) is 0 Å². The van der Waals surface area contributed by atoms with E-state index in [9.17, 15) is 0 Å². The van der Waals surface area contributed by atoms with Gasteiger partial charge >= 0.3 is 0 Å². The molecule has 0 N–H and O–H groups in total. The summed E-state index contributed by atoms with van der Waals surface area (Å²) in [6.07, 6.45) is 3.99. The maximum absolute atomic E-state index is 3.70. The predicted molar refractivity (Wildman–Crippen MR) is 24.8 cm³/mol. The summed E-state index contributed by atoms with van der Waals surface area (Å²) in [5.74, 6) is 0. The highest BCUT2D eigenvalue weighted by atomic mass is 14.9. The van der Waals surface area contributed by atoms with Crippen molar-refractivity contribution in [2.45, 2.75) is 6.42 Å². The first-order chi connectivity index (χ1) is 3.00. The molecule has 0 aromatic carbocycles. The first kappa shape index (κ1) is 3.53. The van der Waals surface area contributed by atoms with Crippen molar-refractivity contribution in [3.8, 4) is 0 Å². The monoisotopic (exact) mass is 80.0 g/mol. The van der Waals surface area contributed by atoms with Crippen molar-refractivity contribution in [3.05, 3.63) is 6.54 Å². The van der Waals surface area contributed by atoms with Crippen molar-refractivity contribution in [2.24, 2.45) is 9.98 Å². The molecule has 0 spiro atoms. The highest BCUT2D eigenvalue weighted by Gasteiger charge is 1.81. The van der Waals surface area contributed by atoms with E-state index in [0.717, 1.165) is 6.42 Å². The average Bonchev–Trinajstić information content (AvgIpc) is 1.72. The van der Waals surface area contributed by atoms with Gasteiger partial charge in [0.05, 0.1) is 0 Å². The standard InChI is InChI=1S/C4H4N2/c1-2-5-4-6-3-1/h2,4H,1H2. The summed E-state index contributed by atoms with van der Waals surface area (Å²) < 4.78 is 0. The Hall–Kier alpha value is -0.660. The fourth-order valence-corrected chi connectivity index (χ4v) is 0.268. The Kier molecular flexibility index (Phi) is 0.998. The summed E-state index contributed by atoms with van der Waals surface area (Å²) in [7, 11) is 0. The zero-order valence-corrected chi connectivity index (χ0v) is 3.26. The molecule has 0 fully saturated rings. The van der Waals surface area contributed by atoms with Crippen molar-refractivity contribution in [2.75, 3.05) is 0 Å². The number of nitrogens with zero attached hydrogens (tertiary/aromatic N) is 2. The molecular weight excluding hydrogens is 76.1 g/mol. The molecule has 1 aliphatic rings. The van der Waals surface area contributed by atoms with E-state index in [2.05, 4.69) is 16.5 Å². The molecule has 0 aromatic rings. The highest BCUT2D eigenvalue weighted by Crippen LogP contribution is 1.87. The van der Waals surface area contributed by atoms with Gasteiger partial charge < -0.3 is 0 Å². The second-order valence-electron chi connectivity index (χ2n) is 0.938. The van der Waals surface area contributed by atoms with Crippen LogP contribution >= 0.6 is 0 Å². The van der Waals surface area contributed by atoms with Crippen LogP contribution in [0.15, 0.2) is 9.98 Å². The van der Waals surface area contributed by atoms with Gasteiger partial charge in [-0.05, 0) is 0 Å². The normalized spacial score (nSPS) is 18.7. The quantitative estimate of drug-likeness (QED) is 0.405. The molecule has 2 radical (unpaired) electrons. The lowest BCUT2D eigenvalue weighted by Crippen LogP contribution is -1.81.